The van der Waals surface area contributed by atoms with Crippen molar-refractivity contribution in [3.8, 4) is 11.1 Å². The van der Waals surface area contributed by atoms with E-state index in [-0.39, 0.29) is 0 Å². The zero-order valence-electron chi connectivity index (χ0n) is 8.04. The van der Waals surface area contributed by atoms with Crippen LogP contribution in [0.4, 0.5) is 0 Å². The summed E-state index contributed by atoms with van der Waals surface area (Å²) in [6.07, 6.45) is 7.52. The van der Waals surface area contributed by atoms with Gasteiger partial charge in [-0.1, -0.05) is 30.3 Å². The van der Waals surface area contributed by atoms with Crippen LogP contribution < -0.4 is 0 Å². The van der Waals surface area contributed by atoms with Crippen molar-refractivity contribution in [2.24, 2.45) is 0 Å². The van der Waals surface area contributed by atoms with Gasteiger partial charge in [0.15, 0.2) is 0 Å². The van der Waals surface area contributed by atoms with E-state index in [0.717, 1.165) is 11.3 Å². The van der Waals surface area contributed by atoms with E-state index >= 15 is 0 Å². The van der Waals surface area contributed by atoms with E-state index in [1.54, 1.807) is 6.20 Å². The van der Waals surface area contributed by atoms with Crippen molar-refractivity contribution in [2.75, 3.05) is 0 Å². The summed E-state index contributed by atoms with van der Waals surface area (Å²) in [7, 11) is 0. The second-order valence-electron chi connectivity index (χ2n) is 3.34. The first-order chi connectivity index (χ1) is 7.43. The molecule has 3 heteroatoms. The molecule has 15 heavy (non-hydrogen) atoms. The average molecular weight is 195 g/mol. The first-order valence-electron chi connectivity index (χ1n) is 4.77. The summed E-state index contributed by atoms with van der Waals surface area (Å²) >= 11 is 0. The molecule has 0 aliphatic carbocycles. The lowest BCUT2D eigenvalue weighted by Gasteiger charge is -2.00. The van der Waals surface area contributed by atoms with Crippen LogP contribution in [0.15, 0.2) is 55.1 Å². The molecule has 0 spiro atoms. The third kappa shape index (κ3) is 1.38. The van der Waals surface area contributed by atoms with Gasteiger partial charge in [-0.25, -0.2) is 9.97 Å². The van der Waals surface area contributed by atoms with Crippen molar-refractivity contribution in [1.82, 2.24) is 14.4 Å². The Hall–Kier alpha value is -2.16. The summed E-state index contributed by atoms with van der Waals surface area (Å²) in [5, 5.41) is 0. The molecule has 3 rings (SSSR count). The fourth-order valence-electron chi connectivity index (χ4n) is 1.60. The molecule has 3 nitrogen and oxygen atoms in total. The largest absolute Gasteiger partial charge is 0.291 e. The highest BCUT2D eigenvalue weighted by Gasteiger charge is 1.99. The fourth-order valence-corrected chi connectivity index (χ4v) is 1.60. The second kappa shape index (κ2) is 3.20. The molecule has 0 bridgehead atoms. The topological polar surface area (TPSA) is 30.2 Å². The van der Waals surface area contributed by atoms with E-state index in [1.807, 2.05) is 41.2 Å². The summed E-state index contributed by atoms with van der Waals surface area (Å²) in [5.41, 5.74) is 2.27. The molecule has 0 N–H and O–H groups in total. The van der Waals surface area contributed by atoms with E-state index in [2.05, 4.69) is 22.1 Å². The first-order valence-corrected chi connectivity index (χ1v) is 4.77. The van der Waals surface area contributed by atoms with Crippen LogP contribution in [0.5, 0.6) is 0 Å². The number of nitrogens with zero attached hydrogens (tertiary/aromatic N) is 3. The van der Waals surface area contributed by atoms with Crippen molar-refractivity contribution >= 4 is 5.78 Å². The van der Waals surface area contributed by atoms with Crippen molar-refractivity contribution < 1.29 is 0 Å². The minimum atomic E-state index is 0.731. The summed E-state index contributed by atoms with van der Waals surface area (Å²) in [5.74, 6) is 0.731. The lowest BCUT2D eigenvalue weighted by Crippen LogP contribution is -1.88. The summed E-state index contributed by atoms with van der Waals surface area (Å²) in [6, 6.07) is 10.2. The van der Waals surface area contributed by atoms with Gasteiger partial charge in [-0.05, 0) is 5.56 Å². The minimum Gasteiger partial charge on any atom is -0.291 e. The molecule has 72 valence electrons. The van der Waals surface area contributed by atoms with Crippen molar-refractivity contribution in [3.05, 3.63) is 55.1 Å². The van der Waals surface area contributed by atoms with Crippen LogP contribution in [0.2, 0.25) is 0 Å². The molecule has 0 radical (unpaired) electrons. The molecular formula is C12H9N3. The lowest BCUT2D eigenvalue weighted by molar-refractivity contribution is 1.11. The molecule has 0 fully saturated rings. The van der Waals surface area contributed by atoms with Crippen molar-refractivity contribution in [3.63, 3.8) is 0 Å². The van der Waals surface area contributed by atoms with Gasteiger partial charge in [-0.2, -0.15) is 0 Å². The summed E-state index contributed by atoms with van der Waals surface area (Å²) in [6.45, 7) is 0. The number of imidazole rings is 1. The van der Waals surface area contributed by atoms with Gasteiger partial charge in [-0.3, -0.25) is 4.40 Å². The van der Waals surface area contributed by atoms with Crippen LogP contribution in [0.1, 0.15) is 0 Å². The predicted octanol–water partition coefficient (Wildman–Crippen LogP) is 2.40. The maximum Gasteiger partial charge on any atom is 0.233 e. The molecule has 0 aliphatic rings. The van der Waals surface area contributed by atoms with Crippen LogP contribution in [-0.4, -0.2) is 14.4 Å². The Morgan fingerprint density at radius 1 is 0.933 bits per heavy atom. The SMILES string of the molecule is c1ccc(-c2cnc3nccn3c2)cc1. The minimum absolute atomic E-state index is 0.731. The van der Waals surface area contributed by atoms with Crippen LogP contribution in [0.3, 0.4) is 0 Å². The molecule has 1 aromatic carbocycles. The zero-order valence-corrected chi connectivity index (χ0v) is 8.04. The second-order valence-corrected chi connectivity index (χ2v) is 3.34. The number of fused-ring (bicyclic) bond motifs is 1. The van der Waals surface area contributed by atoms with Crippen LogP contribution in [-0.2, 0) is 0 Å². The Labute approximate surface area is 87.0 Å². The number of rotatable bonds is 1. The van der Waals surface area contributed by atoms with Gasteiger partial charge < -0.3 is 0 Å². The zero-order chi connectivity index (χ0) is 10.1. The predicted molar refractivity (Wildman–Crippen MR) is 58.4 cm³/mol. The average Bonchev–Trinajstić information content (AvgIpc) is 2.77. The first kappa shape index (κ1) is 8.17. The van der Waals surface area contributed by atoms with Gasteiger partial charge in [-0.15, -0.1) is 0 Å². The molecule has 2 heterocycles. The van der Waals surface area contributed by atoms with E-state index in [4.69, 9.17) is 0 Å². The van der Waals surface area contributed by atoms with Gasteiger partial charge in [0, 0.05) is 30.4 Å². The number of hydrogen-bond donors (Lipinski definition) is 0. The molecule has 0 saturated carbocycles. The Bertz CT molecular complexity index is 584. The maximum atomic E-state index is 4.27. The molecule has 0 atom stereocenters. The number of hydrogen-bond acceptors (Lipinski definition) is 2. The maximum absolute atomic E-state index is 4.27. The monoisotopic (exact) mass is 195 g/mol. The molecule has 0 amide bonds. The van der Waals surface area contributed by atoms with E-state index in [1.165, 1.54) is 5.56 Å². The number of aromatic nitrogens is 3. The molecule has 0 aliphatic heterocycles. The van der Waals surface area contributed by atoms with Gasteiger partial charge in [0.25, 0.3) is 0 Å². The summed E-state index contributed by atoms with van der Waals surface area (Å²) < 4.78 is 1.92. The van der Waals surface area contributed by atoms with E-state index < -0.39 is 0 Å². The Kier molecular flexibility index (Phi) is 1.75. The Balaban J connectivity index is 2.19. The van der Waals surface area contributed by atoms with Gasteiger partial charge in [0.2, 0.25) is 5.78 Å². The molecule has 0 unspecified atom stereocenters. The molecule has 3 aromatic rings. The van der Waals surface area contributed by atoms with Gasteiger partial charge >= 0.3 is 0 Å². The van der Waals surface area contributed by atoms with Gasteiger partial charge in [0.1, 0.15) is 0 Å². The van der Waals surface area contributed by atoms with Crippen LogP contribution in [0, 0.1) is 0 Å². The fraction of sp³-hybridized carbons (Fsp3) is 0. The molecule has 0 saturated heterocycles. The van der Waals surface area contributed by atoms with E-state index in [0.29, 0.717) is 0 Å². The Morgan fingerprint density at radius 3 is 2.67 bits per heavy atom. The Morgan fingerprint density at radius 2 is 1.80 bits per heavy atom. The molecular weight excluding hydrogens is 186 g/mol. The third-order valence-electron chi connectivity index (χ3n) is 2.35. The summed E-state index contributed by atoms with van der Waals surface area (Å²) in [4.78, 5) is 8.37. The van der Waals surface area contributed by atoms with Crippen LogP contribution >= 0.6 is 0 Å². The van der Waals surface area contributed by atoms with Crippen molar-refractivity contribution in [2.45, 2.75) is 0 Å². The van der Waals surface area contributed by atoms with E-state index in [9.17, 15) is 0 Å². The highest BCUT2D eigenvalue weighted by Crippen LogP contribution is 2.17. The third-order valence-corrected chi connectivity index (χ3v) is 2.35. The highest BCUT2D eigenvalue weighted by atomic mass is 15.1. The van der Waals surface area contributed by atoms with Crippen molar-refractivity contribution in [1.29, 1.82) is 0 Å². The lowest BCUT2D eigenvalue weighted by atomic mass is 10.1. The highest BCUT2D eigenvalue weighted by molar-refractivity contribution is 5.62. The molecule has 2 aromatic heterocycles. The quantitative estimate of drug-likeness (QED) is 0.596. The smallest absolute Gasteiger partial charge is 0.233 e. The number of benzene rings is 1. The van der Waals surface area contributed by atoms with Crippen LogP contribution in [0.25, 0.3) is 16.9 Å². The van der Waals surface area contributed by atoms with Gasteiger partial charge in [0.05, 0.1) is 0 Å². The standard InChI is InChI=1S/C12H9N3/c1-2-4-10(5-3-1)11-8-14-12-13-6-7-15(12)9-11/h1-9H. The normalized spacial score (nSPS) is 10.7.